The van der Waals surface area contributed by atoms with Crippen LogP contribution in [0.3, 0.4) is 0 Å². The van der Waals surface area contributed by atoms with Crippen molar-refractivity contribution in [2.45, 2.75) is 0 Å². The molecule has 158 valence electrons. The number of hydrogen-bond acceptors (Lipinski definition) is 7. The molecule has 0 saturated heterocycles. The zero-order valence-corrected chi connectivity index (χ0v) is 16.9. The van der Waals surface area contributed by atoms with Crippen LogP contribution < -0.4 is 19.5 Å². The highest BCUT2D eigenvalue weighted by Gasteiger charge is 2.24. The number of nitro benzene ring substituents is 1. The lowest BCUT2D eigenvalue weighted by Crippen LogP contribution is -2.24. The molecule has 0 unspecified atom stereocenters. The third-order valence-electron chi connectivity index (χ3n) is 4.29. The van der Waals surface area contributed by atoms with Gasteiger partial charge in [0.05, 0.1) is 37.3 Å². The van der Waals surface area contributed by atoms with Crippen LogP contribution in [-0.2, 0) is 0 Å². The third kappa shape index (κ3) is 5.19. The first kappa shape index (κ1) is 21.4. The molecule has 0 aliphatic heterocycles. The number of fused-ring (bicyclic) bond motifs is 1. The molecular weight excluding hydrogens is 402 g/mol. The molecule has 1 aromatic heterocycles. The van der Waals surface area contributed by atoms with E-state index >= 15 is 0 Å². The van der Waals surface area contributed by atoms with Gasteiger partial charge in [-0.3, -0.25) is 19.9 Å². The standard InChI is InChI=1S/C22H19N3O6/c1-29-20-13-17(19(25(27)28)14-21(20)30-2)22(26)24-9-3-4-11-31-16-8-7-15-6-5-10-23-18(15)12-16/h5-8,10,12-14H,9,11H2,1-2H3,(H,24,26). The van der Waals surface area contributed by atoms with Crippen LogP contribution in [0.25, 0.3) is 10.9 Å². The minimum atomic E-state index is -0.658. The predicted molar refractivity (Wildman–Crippen MR) is 114 cm³/mol. The van der Waals surface area contributed by atoms with Gasteiger partial charge in [-0.2, -0.15) is 0 Å². The Morgan fingerprint density at radius 3 is 2.65 bits per heavy atom. The molecule has 9 nitrogen and oxygen atoms in total. The summed E-state index contributed by atoms with van der Waals surface area (Å²) in [7, 11) is 2.73. The molecule has 1 N–H and O–H groups in total. The van der Waals surface area contributed by atoms with Gasteiger partial charge in [-0.05, 0) is 18.2 Å². The van der Waals surface area contributed by atoms with E-state index in [4.69, 9.17) is 14.2 Å². The molecule has 2 aromatic carbocycles. The fraction of sp³-hybridized carbons (Fsp3) is 0.182. The van der Waals surface area contributed by atoms with Gasteiger partial charge in [0.15, 0.2) is 11.5 Å². The van der Waals surface area contributed by atoms with Crippen LogP contribution in [-0.4, -0.2) is 43.2 Å². The molecule has 1 amide bonds. The van der Waals surface area contributed by atoms with E-state index in [1.54, 1.807) is 6.20 Å². The van der Waals surface area contributed by atoms with Crippen LogP contribution in [0.15, 0.2) is 48.7 Å². The molecule has 0 spiro atoms. The first-order chi connectivity index (χ1) is 15.0. The summed E-state index contributed by atoms with van der Waals surface area (Å²) in [6.07, 6.45) is 1.71. The Labute approximate surface area is 178 Å². The fourth-order valence-electron chi connectivity index (χ4n) is 2.79. The van der Waals surface area contributed by atoms with Gasteiger partial charge in [0, 0.05) is 23.7 Å². The van der Waals surface area contributed by atoms with Crippen molar-refractivity contribution < 1.29 is 23.9 Å². The number of nitro groups is 1. The lowest BCUT2D eigenvalue weighted by molar-refractivity contribution is -0.385. The van der Waals surface area contributed by atoms with Crippen molar-refractivity contribution in [3.05, 3.63) is 64.3 Å². The average Bonchev–Trinajstić information content (AvgIpc) is 2.79. The number of benzene rings is 2. The number of hydrogen-bond donors (Lipinski definition) is 1. The second kappa shape index (κ2) is 9.93. The summed E-state index contributed by atoms with van der Waals surface area (Å²) in [6.45, 7) is 0.109. The third-order valence-corrected chi connectivity index (χ3v) is 4.29. The number of nitrogens with one attached hydrogen (secondary N) is 1. The SMILES string of the molecule is COc1cc(C(=O)NCC#CCOc2ccc3cccnc3c2)c([N+](=O)[O-])cc1OC. The van der Waals surface area contributed by atoms with Gasteiger partial charge in [0.2, 0.25) is 0 Å². The van der Waals surface area contributed by atoms with Crippen LogP contribution in [0.4, 0.5) is 5.69 Å². The van der Waals surface area contributed by atoms with Gasteiger partial charge >= 0.3 is 0 Å². The molecule has 0 fully saturated rings. The smallest absolute Gasteiger partial charge is 0.286 e. The molecule has 0 saturated carbocycles. The molecule has 31 heavy (non-hydrogen) atoms. The van der Waals surface area contributed by atoms with E-state index in [1.165, 1.54) is 20.3 Å². The Kier molecular flexibility index (Phi) is 6.85. The van der Waals surface area contributed by atoms with Crippen LogP contribution in [0.2, 0.25) is 0 Å². The normalized spacial score (nSPS) is 10.0. The van der Waals surface area contributed by atoms with E-state index in [2.05, 4.69) is 22.1 Å². The lowest BCUT2D eigenvalue weighted by atomic mass is 10.1. The van der Waals surface area contributed by atoms with E-state index < -0.39 is 16.5 Å². The Morgan fingerprint density at radius 2 is 1.90 bits per heavy atom. The van der Waals surface area contributed by atoms with E-state index in [9.17, 15) is 14.9 Å². The number of methoxy groups -OCH3 is 2. The quantitative estimate of drug-likeness (QED) is 0.354. The van der Waals surface area contributed by atoms with Crippen molar-refractivity contribution in [3.63, 3.8) is 0 Å². The molecular formula is C22H19N3O6. The molecule has 3 aromatic rings. The van der Waals surface area contributed by atoms with Crippen molar-refractivity contribution in [2.75, 3.05) is 27.4 Å². The molecule has 0 atom stereocenters. The molecule has 3 rings (SSSR count). The van der Waals surface area contributed by atoms with E-state index in [-0.39, 0.29) is 30.2 Å². The van der Waals surface area contributed by atoms with Gasteiger partial charge < -0.3 is 19.5 Å². The zero-order valence-electron chi connectivity index (χ0n) is 16.9. The van der Waals surface area contributed by atoms with Gasteiger partial charge in [0.1, 0.15) is 17.9 Å². The maximum Gasteiger partial charge on any atom is 0.286 e. The van der Waals surface area contributed by atoms with Gasteiger partial charge in [-0.15, -0.1) is 0 Å². The summed E-state index contributed by atoms with van der Waals surface area (Å²) in [5.74, 6) is 5.88. The topological polar surface area (TPSA) is 113 Å². The predicted octanol–water partition coefficient (Wildman–Crippen LogP) is 2.97. The minimum Gasteiger partial charge on any atom is -0.493 e. The first-order valence-electron chi connectivity index (χ1n) is 9.15. The van der Waals surface area contributed by atoms with Crippen LogP contribution in [0.1, 0.15) is 10.4 Å². The first-order valence-corrected chi connectivity index (χ1v) is 9.15. The number of amides is 1. The number of ether oxygens (including phenoxy) is 3. The minimum absolute atomic E-state index is 0.00698. The highest BCUT2D eigenvalue weighted by atomic mass is 16.6. The van der Waals surface area contributed by atoms with Crippen LogP contribution in [0, 0.1) is 22.0 Å². The second-order valence-corrected chi connectivity index (χ2v) is 6.16. The monoisotopic (exact) mass is 421 g/mol. The largest absolute Gasteiger partial charge is 0.493 e. The fourth-order valence-corrected chi connectivity index (χ4v) is 2.79. The highest BCUT2D eigenvalue weighted by Crippen LogP contribution is 2.34. The Hall–Kier alpha value is -4.32. The van der Waals surface area contributed by atoms with Crippen molar-refractivity contribution in [1.29, 1.82) is 0 Å². The van der Waals surface area contributed by atoms with Crippen molar-refractivity contribution in [1.82, 2.24) is 10.3 Å². The number of nitrogens with zero attached hydrogens (tertiary/aromatic N) is 2. The molecule has 0 bridgehead atoms. The van der Waals surface area contributed by atoms with Gasteiger partial charge in [-0.25, -0.2) is 0 Å². The second-order valence-electron chi connectivity index (χ2n) is 6.16. The number of carbonyl (C=O) groups is 1. The van der Waals surface area contributed by atoms with Crippen molar-refractivity contribution >= 4 is 22.5 Å². The van der Waals surface area contributed by atoms with Crippen molar-refractivity contribution in [2.24, 2.45) is 0 Å². The van der Waals surface area contributed by atoms with E-state index in [0.717, 1.165) is 17.0 Å². The Bertz CT molecular complexity index is 1180. The molecule has 0 radical (unpaired) electrons. The Morgan fingerprint density at radius 1 is 1.13 bits per heavy atom. The maximum atomic E-state index is 12.4. The maximum absolute atomic E-state index is 12.4. The molecule has 0 aliphatic carbocycles. The summed E-state index contributed by atoms with van der Waals surface area (Å²) in [5, 5.41) is 14.8. The summed E-state index contributed by atoms with van der Waals surface area (Å²) in [5.41, 5.74) is 0.275. The highest BCUT2D eigenvalue weighted by molar-refractivity contribution is 5.99. The number of aromatic nitrogens is 1. The summed E-state index contributed by atoms with van der Waals surface area (Å²) < 4.78 is 15.7. The number of rotatable bonds is 7. The van der Waals surface area contributed by atoms with Crippen LogP contribution >= 0.6 is 0 Å². The van der Waals surface area contributed by atoms with Gasteiger partial charge in [-0.1, -0.05) is 17.9 Å². The van der Waals surface area contributed by atoms with Crippen LogP contribution in [0.5, 0.6) is 17.2 Å². The summed E-state index contributed by atoms with van der Waals surface area (Å²) in [6, 6.07) is 11.8. The zero-order chi connectivity index (χ0) is 22.2. The average molecular weight is 421 g/mol. The molecule has 9 heteroatoms. The van der Waals surface area contributed by atoms with E-state index in [0.29, 0.717) is 5.75 Å². The number of pyridine rings is 1. The Balaban J connectivity index is 1.59. The molecule has 1 heterocycles. The number of carbonyl (C=O) groups excluding carboxylic acids is 1. The van der Waals surface area contributed by atoms with E-state index in [1.807, 2.05) is 30.3 Å². The lowest BCUT2D eigenvalue weighted by Gasteiger charge is -2.10. The summed E-state index contributed by atoms with van der Waals surface area (Å²) >= 11 is 0. The van der Waals surface area contributed by atoms with Crippen molar-refractivity contribution in [3.8, 4) is 29.1 Å². The molecule has 0 aliphatic rings. The summed E-state index contributed by atoms with van der Waals surface area (Å²) in [4.78, 5) is 27.3. The van der Waals surface area contributed by atoms with Gasteiger partial charge in [0.25, 0.3) is 11.6 Å².